The highest BCUT2D eigenvalue weighted by Crippen LogP contribution is 2.17. The number of hydrogen-bond donors (Lipinski definition) is 2. The minimum absolute atomic E-state index is 0.0408. The molecule has 8 nitrogen and oxygen atoms in total. The zero-order valence-corrected chi connectivity index (χ0v) is 16.8. The van der Waals surface area contributed by atoms with Crippen LogP contribution in [0.15, 0.2) is 35.7 Å². The number of carbonyl (C=O) groups excluding carboxylic acids is 1. The summed E-state index contributed by atoms with van der Waals surface area (Å²) in [4.78, 5) is 11.8. The van der Waals surface area contributed by atoms with Crippen LogP contribution in [0.2, 0.25) is 0 Å². The first-order chi connectivity index (χ1) is 13.9. The number of hydrogen-bond acceptors (Lipinski definition) is 5. The zero-order chi connectivity index (χ0) is 20.9. The Bertz CT molecular complexity index is 1000. The standard InChI is InChI=1S/C19H24FN5O3S/c1-2-10-22-29(27,28)16-13-14(7-8-15(16)20)19(26)21-11-9-18-24-23-17-6-4-3-5-12-25(17)18/h2,7-8,13,22H,1,3-6,9-12H2,(H,21,26). The van der Waals surface area contributed by atoms with Crippen molar-refractivity contribution in [2.45, 2.75) is 43.5 Å². The summed E-state index contributed by atoms with van der Waals surface area (Å²) in [5.74, 6) is 0.382. The highest BCUT2D eigenvalue weighted by molar-refractivity contribution is 7.89. The molecule has 2 heterocycles. The molecule has 0 aliphatic carbocycles. The van der Waals surface area contributed by atoms with Gasteiger partial charge in [0.25, 0.3) is 5.91 Å². The van der Waals surface area contributed by atoms with Gasteiger partial charge < -0.3 is 9.88 Å². The van der Waals surface area contributed by atoms with Gasteiger partial charge in [-0.1, -0.05) is 12.5 Å². The Balaban J connectivity index is 1.65. The molecular weight excluding hydrogens is 397 g/mol. The van der Waals surface area contributed by atoms with Crippen LogP contribution in [0.25, 0.3) is 0 Å². The molecule has 0 radical (unpaired) electrons. The van der Waals surface area contributed by atoms with Gasteiger partial charge in [0.1, 0.15) is 22.4 Å². The van der Waals surface area contributed by atoms with E-state index in [1.165, 1.54) is 12.1 Å². The number of nitrogens with one attached hydrogen (secondary N) is 2. The van der Waals surface area contributed by atoms with Gasteiger partial charge in [-0.25, -0.2) is 17.5 Å². The number of rotatable bonds is 8. The quantitative estimate of drug-likeness (QED) is 0.630. The van der Waals surface area contributed by atoms with Crippen LogP contribution in [0.3, 0.4) is 0 Å². The van der Waals surface area contributed by atoms with E-state index in [2.05, 4.69) is 31.4 Å². The lowest BCUT2D eigenvalue weighted by Crippen LogP contribution is -2.28. The third-order valence-corrected chi connectivity index (χ3v) is 6.16. The molecular formula is C19H24FN5O3S. The second-order valence-corrected chi connectivity index (χ2v) is 8.52. The van der Waals surface area contributed by atoms with Crippen molar-refractivity contribution in [3.63, 3.8) is 0 Å². The summed E-state index contributed by atoms with van der Waals surface area (Å²) in [7, 11) is -4.08. The average Bonchev–Trinajstić information content (AvgIpc) is 2.93. The van der Waals surface area contributed by atoms with Crippen molar-refractivity contribution in [3.8, 4) is 0 Å². The number of carbonyl (C=O) groups is 1. The topological polar surface area (TPSA) is 106 Å². The maximum atomic E-state index is 14.0. The summed E-state index contributed by atoms with van der Waals surface area (Å²) in [5.41, 5.74) is 0.0606. The Morgan fingerprint density at radius 3 is 2.90 bits per heavy atom. The molecule has 1 aromatic heterocycles. The molecule has 3 rings (SSSR count). The highest BCUT2D eigenvalue weighted by Gasteiger charge is 2.21. The van der Waals surface area contributed by atoms with Crippen LogP contribution in [-0.4, -0.2) is 42.2 Å². The van der Waals surface area contributed by atoms with E-state index < -0.39 is 26.6 Å². The molecule has 1 aliphatic heterocycles. The number of aryl methyl sites for hydroxylation is 1. The summed E-state index contributed by atoms with van der Waals surface area (Å²) < 4.78 is 42.6. The van der Waals surface area contributed by atoms with Gasteiger partial charge in [0.15, 0.2) is 0 Å². The Hall–Kier alpha value is -2.59. The molecule has 0 atom stereocenters. The first kappa shape index (κ1) is 21.1. The van der Waals surface area contributed by atoms with Crippen LogP contribution >= 0.6 is 0 Å². The molecule has 10 heteroatoms. The van der Waals surface area contributed by atoms with Gasteiger partial charge in [0.05, 0.1) is 0 Å². The van der Waals surface area contributed by atoms with Gasteiger partial charge in [-0.2, -0.15) is 0 Å². The van der Waals surface area contributed by atoms with Crippen molar-refractivity contribution in [2.24, 2.45) is 0 Å². The van der Waals surface area contributed by atoms with E-state index in [4.69, 9.17) is 0 Å². The molecule has 1 aliphatic rings. The number of aromatic nitrogens is 3. The van der Waals surface area contributed by atoms with Gasteiger partial charge in [-0.15, -0.1) is 16.8 Å². The van der Waals surface area contributed by atoms with E-state index in [1.54, 1.807) is 0 Å². The molecule has 0 fully saturated rings. The van der Waals surface area contributed by atoms with Crippen molar-refractivity contribution >= 4 is 15.9 Å². The van der Waals surface area contributed by atoms with E-state index in [1.807, 2.05) is 0 Å². The van der Waals surface area contributed by atoms with Crippen LogP contribution < -0.4 is 10.0 Å². The maximum absolute atomic E-state index is 14.0. The second kappa shape index (κ2) is 9.27. The van der Waals surface area contributed by atoms with Gasteiger partial charge in [0, 0.05) is 38.0 Å². The van der Waals surface area contributed by atoms with E-state index in [-0.39, 0.29) is 12.1 Å². The smallest absolute Gasteiger partial charge is 0.251 e. The lowest BCUT2D eigenvalue weighted by Gasteiger charge is -2.10. The van der Waals surface area contributed by atoms with Crippen molar-refractivity contribution in [1.82, 2.24) is 24.8 Å². The average molecular weight is 421 g/mol. The number of nitrogens with zero attached hydrogens (tertiary/aromatic N) is 3. The fraction of sp³-hybridized carbons (Fsp3) is 0.421. The molecule has 0 unspecified atom stereocenters. The van der Waals surface area contributed by atoms with Crippen LogP contribution in [0.5, 0.6) is 0 Å². The monoisotopic (exact) mass is 421 g/mol. The first-order valence-electron chi connectivity index (χ1n) is 9.51. The maximum Gasteiger partial charge on any atom is 0.251 e. The summed E-state index contributed by atoms with van der Waals surface area (Å²) in [6.07, 6.45) is 6.11. The predicted molar refractivity (Wildman–Crippen MR) is 105 cm³/mol. The number of amides is 1. The van der Waals surface area contributed by atoms with E-state index >= 15 is 0 Å². The Labute approximate surface area is 169 Å². The molecule has 1 aromatic carbocycles. The molecule has 2 aromatic rings. The second-order valence-electron chi connectivity index (χ2n) is 6.79. The molecule has 1 amide bonds. The Morgan fingerprint density at radius 1 is 1.28 bits per heavy atom. The molecule has 0 spiro atoms. The third kappa shape index (κ3) is 5.07. The van der Waals surface area contributed by atoms with Crippen molar-refractivity contribution in [2.75, 3.05) is 13.1 Å². The minimum Gasteiger partial charge on any atom is -0.352 e. The third-order valence-electron chi connectivity index (χ3n) is 4.72. The Morgan fingerprint density at radius 2 is 2.10 bits per heavy atom. The lowest BCUT2D eigenvalue weighted by molar-refractivity contribution is 0.0953. The molecule has 2 N–H and O–H groups in total. The van der Waals surface area contributed by atoms with Crippen LogP contribution in [-0.2, 0) is 29.4 Å². The van der Waals surface area contributed by atoms with Crippen LogP contribution in [0.1, 0.15) is 41.3 Å². The largest absolute Gasteiger partial charge is 0.352 e. The molecule has 0 saturated heterocycles. The number of fused-ring (bicyclic) bond motifs is 1. The van der Waals surface area contributed by atoms with Crippen LogP contribution in [0.4, 0.5) is 4.39 Å². The van der Waals surface area contributed by atoms with Crippen molar-refractivity contribution in [3.05, 3.63) is 53.9 Å². The van der Waals surface area contributed by atoms with Gasteiger partial charge >= 0.3 is 0 Å². The fourth-order valence-corrected chi connectivity index (χ4v) is 4.32. The van der Waals surface area contributed by atoms with Gasteiger partial charge in [-0.3, -0.25) is 4.79 Å². The number of sulfonamides is 1. The van der Waals surface area contributed by atoms with Crippen molar-refractivity contribution < 1.29 is 17.6 Å². The lowest BCUT2D eigenvalue weighted by atomic mass is 10.2. The van der Waals surface area contributed by atoms with E-state index in [0.717, 1.165) is 56.0 Å². The fourth-order valence-electron chi connectivity index (χ4n) is 3.22. The predicted octanol–water partition coefficient (Wildman–Crippen LogP) is 1.58. The van der Waals surface area contributed by atoms with Crippen molar-refractivity contribution in [1.29, 1.82) is 0 Å². The van der Waals surface area contributed by atoms with E-state index in [0.29, 0.717) is 13.0 Å². The number of halogens is 1. The van der Waals surface area contributed by atoms with Gasteiger partial charge in [0.2, 0.25) is 10.0 Å². The minimum atomic E-state index is -4.08. The molecule has 29 heavy (non-hydrogen) atoms. The summed E-state index contributed by atoms with van der Waals surface area (Å²) in [6.45, 7) is 4.56. The summed E-state index contributed by atoms with van der Waals surface area (Å²) in [5, 5.41) is 11.2. The molecule has 0 saturated carbocycles. The molecule has 156 valence electrons. The normalized spacial score (nSPS) is 14.1. The highest BCUT2D eigenvalue weighted by atomic mass is 32.2. The zero-order valence-electron chi connectivity index (χ0n) is 16.0. The first-order valence-corrected chi connectivity index (χ1v) is 11.0. The summed E-state index contributed by atoms with van der Waals surface area (Å²) in [6, 6.07) is 3.25. The SMILES string of the molecule is C=CCNS(=O)(=O)c1cc(C(=O)NCCc2nnc3n2CCCCC3)ccc1F. The molecule has 0 bridgehead atoms. The van der Waals surface area contributed by atoms with E-state index in [9.17, 15) is 17.6 Å². The number of benzene rings is 1. The van der Waals surface area contributed by atoms with Gasteiger partial charge in [-0.05, 0) is 31.0 Å². The summed E-state index contributed by atoms with van der Waals surface area (Å²) >= 11 is 0. The van der Waals surface area contributed by atoms with Crippen LogP contribution in [0, 0.1) is 5.82 Å². The Kier molecular flexibility index (Phi) is 6.75.